The van der Waals surface area contributed by atoms with Crippen LogP contribution in [0.5, 0.6) is 0 Å². The highest BCUT2D eigenvalue weighted by Gasteiger charge is 2.30. The van der Waals surface area contributed by atoms with Crippen molar-refractivity contribution in [1.82, 2.24) is 4.31 Å². The Morgan fingerprint density at radius 3 is 2.60 bits per heavy atom. The minimum absolute atomic E-state index is 0.0533. The third-order valence-electron chi connectivity index (χ3n) is 2.86. The van der Waals surface area contributed by atoms with Crippen molar-refractivity contribution in [1.29, 1.82) is 0 Å². The summed E-state index contributed by atoms with van der Waals surface area (Å²) in [7, 11) is -1.15. The lowest BCUT2D eigenvalue weighted by Crippen LogP contribution is -2.39. The summed E-state index contributed by atoms with van der Waals surface area (Å²) in [6, 6.07) is 1.15. The van der Waals surface area contributed by atoms with E-state index in [9.17, 15) is 13.2 Å². The second-order valence-corrected chi connectivity index (χ2v) is 7.25. The Morgan fingerprint density at radius 1 is 1.50 bits per heavy atom. The largest absolute Gasteiger partial charge is 0.465 e. The van der Waals surface area contributed by atoms with Crippen LogP contribution in [0.3, 0.4) is 0 Å². The Bertz CT molecular complexity index is 576. The standard InChI is InChI=1S/C12H20N2O5S/c1-12(2,7-13)8-14(3)20(16,17)10-5-9(6-19-10)11(15)18-4/h5-6H,7-8,13H2,1-4H3. The fourth-order valence-corrected chi connectivity index (χ4v) is 2.85. The molecule has 1 aromatic rings. The number of esters is 1. The van der Waals surface area contributed by atoms with Crippen LogP contribution in [0, 0.1) is 5.41 Å². The molecule has 114 valence electrons. The van der Waals surface area contributed by atoms with Gasteiger partial charge >= 0.3 is 5.97 Å². The van der Waals surface area contributed by atoms with Crippen molar-refractivity contribution in [3.63, 3.8) is 0 Å². The van der Waals surface area contributed by atoms with E-state index in [-0.39, 0.29) is 22.6 Å². The average molecular weight is 304 g/mol. The van der Waals surface area contributed by atoms with Gasteiger partial charge in [0.15, 0.2) is 0 Å². The minimum atomic E-state index is -3.80. The predicted octanol–water partition coefficient (Wildman–Crippen LogP) is 0.672. The molecule has 1 heterocycles. The van der Waals surface area contributed by atoms with Gasteiger partial charge in [-0.2, -0.15) is 4.31 Å². The number of carbonyl (C=O) groups excluding carboxylic acids is 1. The molecular weight excluding hydrogens is 284 g/mol. The molecule has 0 saturated heterocycles. The smallest absolute Gasteiger partial charge is 0.341 e. The summed E-state index contributed by atoms with van der Waals surface area (Å²) in [5, 5.41) is -0.298. The zero-order valence-corrected chi connectivity index (χ0v) is 12.9. The normalized spacial score (nSPS) is 12.7. The topological polar surface area (TPSA) is 103 Å². The van der Waals surface area contributed by atoms with Gasteiger partial charge in [-0.3, -0.25) is 0 Å². The molecule has 0 aromatic carbocycles. The molecule has 2 N–H and O–H groups in total. The van der Waals surface area contributed by atoms with Crippen LogP contribution in [0.1, 0.15) is 24.2 Å². The first-order valence-electron chi connectivity index (χ1n) is 5.97. The van der Waals surface area contributed by atoms with E-state index in [1.54, 1.807) is 0 Å². The lowest BCUT2D eigenvalue weighted by Gasteiger charge is -2.27. The van der Waals surface area contributed by atoms with E-state index >= 15 is 0 Å². The molecule has 0 bridgehead atoms. The Kier molecular flexibility index (Phi) is 4.95. The summed E-state index contributed by atoms with van der Waals surface area (Å²) in [5.41, 5.74) is 5.28. The number of hydrogen-bond donors (Lipinski definition) is 1. The molecule has 20 heavy (non-hydrogen) atoms. The Balaban J connectivity index is 2.99. The molecule has 0 aliphatic rings. The van der Waals surface area contributed by atoms with Crippen LogP contribution in [0.25, 0.3) is 0 Å². The Labute approximate surface area is 118 Å². The van der Waals surface area contributed by atoms with Crippen LogP contribution in [-0.2, 0) is 14.8 Å². The molecule has 1 aromatic heterocycles. The molecule has 0 radical (unpaired) electrons. The number of furan rings is 1. The molecule has 0 unspecified atom stereocenters. The van der Waals surface area contributed by atoms with Crippen molar-refractivity contribution in [2.45, 2.75) is 18.9 Å². The second kappa shape index (κ2) is 5.94. The van der Waals surface area contributed by atoms with Crippen LogP contribution in [-0.4, -0.2) is 45.9 Å². The van der Waals surface area contributed by atoms with Gasteiger partial charge in [0.1, 0.15) is 6.26 Å². The van der Waals surface area contributed by atoms with E-state index in [0.717, 1.165) is 16.6 Å². The van der Waals surface area contributed by atoms with Crippen LogP contribution in [0.2, 0.25) is 0 Å². The average Bonchev–Trinajstić information content (AvgIpc) is 2.87. The molecule has 8 heteroatoms. The van der Waals surface area contributed by atoms with Gasteiger partial charge in [-0.25, -0.2) is 13.2 Å². The number of carbonyl (C=O) groups is 1. The summed E-state index contributed by atoms with van der Waals surface area (Å²) in [4.78, 5) is 11.3. The molecule has 0 spiro atoms. The highest BCUT2D eigenvalue weighted by Crippen LogP contribution is 2.22. The predicted molar refractivity (Wildman–Crippen MR) is 72.7 cm³/mol. The highest BCUT2D eigenvalue weighted by molar-refractivity contribution is 7.89. The minimum Gasteiger partial charge on any atom is -0.465 e. The number of nitrogens with zero attached hydrogens (tertiary/aromatic N) is 1. The van der Waals surface area contributed by atoms with Crippen LogP contribution >= 0.6 is 0 Å². The maximum Gasteiger partial charge on any atom is 0.341 e. The number of ether oxygens (including phenoxy) is 1. The number of rotatable bonds is 6. The van der Waals surface area contributed by atoms with E-state index in [4.69, 9.17) is 10.2 Å². The maximum absolute atomic E-state index is 12.3. The van der Waals surface area contributed by atoms with E-state index in [1.165, 1.54) is 14.2 Å². The SMILES string of the molecule is COC(=O)c1coc(S(=O)(=O)N(C)CC(C)(C)CN)c1. The summed E-state index contributed by atoms with van der Waals surface area (Å²) in [6.07, 6.45) is 1.06. The number of nitrogens with two attached hydrogens (primary N) is 1. The second-order valence-electron chi connectivity index (χ2n) is 5.28. The van der Waals surface area contributed by atoms with Crippen molar-refractivity contribution >= 4 is 16.0 Å². The van der Waals surface area contributed by atoms with E-state index in [2.05, 4.69) is 4.74 Å². The third-order valence-corrected chi connectivity index (χ3v) is 4.54. The van der Waals surface area contributed by atoms with Crippen LogP contribution < -0.4 is 5.73 Å². The lowest BCUT2D eigenvalue weighted by atomic mass is 9.94. The summed E-state index contributed by atoms with van der Waals surface area (Å²) in [5.74, 6) is -0.653. The number of sulfonamides is 1. The van der Waals surface area contributed by atoms with Gasteiger partial charge in [0, 0.05) is 19.7 Å². The number of methoxy groups -OCH3 is 1. The maximum atomic E-state index is 12.3. The molecule has 0 fully saturated rings. The van der Waals surface area contributed by atoms with Crippen molar-refractivity contribution in [2.75, 3.05) is 27.2 Å². The molecule has 0 saturated carbocycles. The van der Waals surface area contributed by atoms with Crippen molar-refractivity contribution in [2.24, 2.45) is 11.1 Å². The lowest BCUT2D eigenvalue weighted by molar-refractivity contribution is 0.0600. The van der Waals surface area contributed by atoms with Gasteiger partial charge in [0.2, 0.25) is 5.09 Å². The Hall–Kier alpha value is -1.38. The van der Waals surface area contributed by atoms with Crippen LogP contribution in [0.4, 0.5) is 0 Å². The Morgan fingerprint density at radius 2 is 2.10 bits per heavy atom. The number of hydrogen-bond acceptors (Lipinski definition) is 6. The third kappa shape index (κ3) is 3.59. The van der Waals surface area contributed by atoms with Crippen molar-refractivity contribution < 1.29 is 22.4 Å². The van der Waals surface area contributed by atoms with Crippen molar-refractivity contribution in [3.05, 3.63) is 17.9 Å². The fraction of sp³-hybridized carbons (Fsp3) is 0.583. The van der Waals surface area contributed by atoms with E-state index in [0.29, 0.717) is 6.54 Å². The summed E-state index contributed by atoms with van der Waals surface area (Å²) in [6.45, 7) is 4.31. The van der Waals surface area contributed by atoms with Gasteiger partial charge in [0.05, 0.1) is 12.7 Å². The molecule has 0 aliphatic heterocycles. The van der Waals surface area contributed by atoms with E-state index in [1.807, 2.05) is 13.8 Å². The first-order chi connectivity index (χ1) is 9.14. The van der Waals surface area contributed by atoms with Gasteiger partial charge in [0.25, 0.3) is 10.0 Å². The molecule has 0 amide bonds. The quantitative estimate of drug-likeness (QED) is 0.775. The summed E-state index contributed by atoms with van der Waals surface area (Å²) >= 11 is 0. The molecular formula is C12H20N2O5S. The fourth-order valence-electron chi connectivity index (χ4n) is 1.58. The first kappa shape index (κ1) is 16.7. The first-order valence-corrected chi connectivity index (χ1v) is 7.41. The van der Waals surface area contributed by atoms with Gasteiger partial charge in [-0.1, -0.05) is 13.8 Å². The molecule has 0 aliphatic carbocycles. The zero-order valence-electron chi connectivity index (χ0n) is 12.0. The van der Waals surface area contributed by atoms with Crippen LogP contribution in [0.15, 0.2) is 21.8 Å². The molecule has 7 nitrogen and oxygen atoms in total. The summed E-state index contributed by atoms with van der Waals surface area (Å²) < 4.78 is 35.2. The highest BCUT2D eigenvalue weighted by atomic mass is 32.2. The zero-order chi connectivity index (χ0) is 15.6. The van der Waals surface area contributed by atoms with Crippen molar-refractivity contribution in [3.8, 4) is 0 Å². The van der Waals surface area contributed by atoms with Gasteiger partial charge < -0.3 is 14.9 Å². The molecule has 1 rings (SSSR count). The van der Waals surface area contributed by atoms with Gasteiger partial charge in [-0.15, -0.1) is 0 Å². The van der Waals surface area contributed by atoms with E-state index < -0.39 is 16.0 Å². The molecule has 0 atom stereocenters. The monoisotopic (exact) mass is 304 g/mol. The van der Waals surface area contributed by atoms with Gasteiger partial charge in [-0.05, 0) is 12.0 Å².